The van der Waals surface area contributed by atoms with E-state index < -0.39 is 0 Å². The smallest absolute Gasteiger partial charge is 0.241 e. The van der Waals surface area contributed by atoms with Gasteiger partial charge in [0, 0.05) is 27.7 Å². The van der Waals surface area contributed by atoms with Crippen LogP contribution < -0.4 is 10.2 Å². The Hall–Kier alpha value is -1.56. The van der Waals surface area contributed by atoms with Crippen LogP contribution in [0.2, 0.25) is 5.02 Å². The average molecular weight is 272 g/mol. The van der Waals surface area contributed by atoms with E-state index in [1.807, 2.05) is 11.8 Å². The van der Waals surface area contributed by atoms with Crippen molar-refractivity contribution in [3.63, 3.8) is 0 Å². The number of hydrogen-bond acceptors (Lipinski definition) is 5. The molecule has 1 heterocycles. The second-order valence-corrected chi connectivity index (χ2v) is 4.32. The summed E-state index contributed by atoms with van der Waals surface area (Å²) in [4.78, 5) is 23.4. The molecule has 0 aliphatic heterocycles. The highest BCUT2D eigenvalue weighted by atomic mass is 35.5. The molecule has 0 saturated heterocycles. The molecule has 0 unspecified atom stereocenters. The van der Waals surface area contributed by atoms with Crippen LogP contribution in [0, 0.1) is 0 Å². The Balaban J connectivity index is 2.97. The topological polar surface area (TPSA) is 61.4 Å². The van der Waals surface area contributed by atoms with Crippen molar-refractivity contribution < 1.29 is 4.79 Å². The van der Waals surface area contributed by atoms with Gasteiger partial charge in [-0.05, 0) is 6.92 Å². The minimum atomic E-state index is -0.00228. The molecule has 18 heavy (non-hydrogen) atoms. The van der Waals surface area contributed by atoms with E-state index >= 15 is 0 Å². The third-order valence-corrected chi connectivity index (χ3v) is 2.72. The van der Waals surface area contributed by atoms with Crippen LogP contribution >= 0.6 is 11.6 Å². The second kappa shape index (κ2) is 6.39. The van der Waals surface area contributed by atoms with Crippen molar-refractivity contribution >= 4 is 29.3 Å². The summed E-state index contributed by atoms with van der Waals surface area (Å²) in [6.45, 7) is 2.82. The summed E-state index contributed by atoms with van der Waals surface area (Å²) in [6, 6.07) is 0. The van der Waals surface area contributed by atoms with Crippen LogP contribution in [0.25, 0.3) is 0 Å². The molecule has 1 rings (SSSR count). The summed E-state index contributed by atoms with van der Waals surface area (Å²) in [6.07, 6.45) is 1.53. The molecule has 100 valence electrons. The molecule has 1 aromatic heterocycles. The molecule has 0 aromatic carbocycles. The number of anilines is 2. The minimum Gasteiger partial charge on any atom is -0.357 e. The van der Waals surface area contributed by atoms with Crippen molar-refractivity contribution in [2.75, 3.05) is 44.4 Å². The monoisotopic (exact) mass is 271 g/mol. The third kappa shape index (κ3) is 3.46. The number of carbonyl (C=O) groups is 1. The lowest BCUT2D eigenvalue weighted by Crippen LogP contribution is -2.37. The Bertz CT molecular complexity index is 424. The van der Waals surface area contributed by atoms with Crippen molar-refractivity contribution in [2.24, 2.45) is 0 Å². The molecule has 1 amide bonds. The Morgan fingerprint density at radius 2 is 2.17 bits per heavy atom. The van der Waals surface area contributed by atoms with Gasteiger partial charge in [-0.15, -0.1) is 0 Å². The fraction of sp³-hybridized carbons (Fsp3) is 0.545. The first-order valence-electron chi connectivity index (χ1n) is 5.65. The predicted octanol–water partition coefficient (Wildman–Crippen LogP) is 1.09. The first-order chi connectivity index (χ1) is 8.49. The van der Waals surface area contributed by atoms with Crippen LogP contribution in [0.1, 0.15) is 6.92 Å². The maximum Gasteiger partial charge on any atom is 0.241 e. The van der Waals surface area contributed by atoms with Crippen molar-refractivity contribution in [3.8, 4) is 0 Å². The number of hydrogen-bond donors (Lipinski definition) is 1. The molecule has 1 N–H and O–H groups in total. The molecule has 7 heteroatoms. The van der Waals surface area contributed by atoms with Gasteiger partial charge in [0.05, 0.1) is 12.7 Å². The quantitative estimate of drug-likeness (QED) is 0.869. The van der Waals surface area contributed by atoms with Gasteiger partial charge in [0.15, 0.2) is 5.82 Å². The third-order valence-electron chi connectivity index (χ3n) is 2.46. The summed E-state index contributed by atoms with van der Waals surface area (Å²) in [7, 11) is 5.17. The Morgan fingerprint density at radius 1 is 1.50 bits per heavy atom. The van der Waals surface area contributed by atoms with Crippen LogP contribution in [0.5, 0.6) is 0 Å². The highest BCUT2D eigenvalue weighted by Gasteiger charge is 2.16. The molecule has 0 radical (unpaired) electrons. The molecule has 0 spiro atoms. The van der Waals surface area contributed by atoms with Crippen LogP contribution in [0.15, 0.2) is 6.20 Å². The number of nitrogens with one attached hydrogen (secondary N) is 1. The van der Waals surface area contributed by atoms with Gasteiger partial charge in [-0.1, -0.05) is 11.6 Å². The Kier molecular flexibility index (Phi) is 5.15. The predicted molar refractivity (Wildman–Crippen MR) is 73.2 cm³/mol. The van der Waals surface area contributed by atoms with Gasteiger partial charge in [0.2, 0.25) is 11.9 Å². The molecule has 0 fully saturated rings. The van der Waals surface area contributed by atoms with E-state index in [1.165, 1.54) is 11.1 Å². The normalized spacial score (nSPS) is 10.1. The summed E-state index contributed by atoms with van der Waals surface area (Å²) < 4.78 is 0. The molecule has 0 aliphatic carbocycles. The summed E-state index contributed by atoms with van der Waals surface area (Å²) in [5, 5.41) is 3.28. The number of rotatable bonds is 5. The van der Waals surface area contributed by atoms with Crippen LogP contribution in [-0.2, 0) is 4.79 Å². The standard InChI is InChI=1S/C11H18ClN5O/c1-5-17(7-9(18)16(3)4)10-8(12)6-14-11(13-2)15-10/h6H,5,7H2,1-4H3,(H,13,14,15). The van der Waals surface area contributed by atoms with Gasteiger partial charge in [-0.25, -0.2) is 4.98 Å². The second-order valence-electron chi connectivity index (χ2n) is 3.92. The van der Waals surface area contributed by atoms with Crippen molar-refractivity contribution in [1.29, 1.82) is 0 Å². The molecular weight excluding hydrogens is 254 g/mol. The first kappa shape index (κ1) is 14.5. The van der Waals surface area contributed by atoms with Crippen LogP contribution in [0.4, 0.5) is 11.8 Å². The fourth-order valence-electron chi connectivity index (χ4n) is 1.34. The van der Waals surface area contributed by atoms with E-state index in [2.05, 4.69) is 15.3 Å². The zero-order chi connectivity index (χ0) is 13.7. The zero-order valence-corrected chi connectivity index (χ0v) is 11.8. The lowest BCUT2D eigenvalue weighted by molar-refractivity contribution is -0.127. The molecule has 1 aromatic rings. The van der Waals surface area contributed by atoms with E-state index in [9.17, 15) is 4.79 Å². The van der Waals surface area contributed by atoms with Crippen molar-refractivity contribution in [2.45, 2.75) is 6.92 Å². The van der Waals surface area contributed by atoms with E-state index in [-0.39, 0.29) is 12.5 Å². The number of carbonyl (C=O) groups excluding carboxylic acids is 1. The van der Waals surface area contributed by atoms with E-state index in [4.69, 9.17) is 11.6 Å². The lowest BCUT2D eigenvalue weighted by Gasteiger charge is -2.24. The molecule has 0 aliphatic rings. The number of aromatic nitrogens is 2. The van der Waals surface area contributed by atoms with E-state index in [0.717, 1.165) is 0 Å². The number of likely N-dealkylation sites (N-methyl/N-ethyl adjacent to an activating group) is 2. The molecule has 0 saturated carbocycles. The minimum absolute atomic E-state index is 0.00228. The highest BCUT2D eigenvalue weighted by molar-refractivity contribution is 6.32. The van der Waals surface area contributed by atoms with Gasteiger partial charge < -0.3 is 15.1 Å². The van der Waals surface area contributed by atoms with Gasteiger partial charge in [0.25, 0.3) is 0 Å². The Labute approximate surface area is 112 Å². The Morgan fingerprint density at radius 3 is 2.67 bits per heavy atom. The number of amides is 1. The highest BCUT2D eigenvalue weighted by Crippen LogP contribution is 2.23. The number of halogens is 1. The van der Waals surface area contributed by atoms with E-state index in [0.29, 0.717) is 23.3 Å². The SMILES string of the molecule is CCN(CC(=O)N(C)C)c1nc(NC)ncc1Cl. The van der Waals surface area contributed by atoms with Crippen LogP contribution in [0.3, 0.4) is 0 Å². The maximum atomic E-state index is 11.7. The average Bonchev–Trinajstić information content (AvgIpc) is 2.36. The molecular formula is C11H18ClN5O. The zero-order valence-electron chi connectivity index (χ0n) is 11.1. The maximum absolute atomic E-state index is 11.7. The van der Waals surface area contributed by atoms with Crippen molar-refractivity contribution in [1.82, 2.24) is 14.9 Å². The fourth-order valence-corrected chi connectivity index (χ4v) is 1.55. The molecule has 6 nitrogen and oxygen atoms in total. The summed E-state index contributed by atoms with van der Waals surface area (Å²) in [5.74, 6) is 1.04. The van der Waals surface area contributed by atoms with Crippen molar-refractivity contribution in [3.05, 3.63) is 11.2 Å². The first-order valence-corrected chi connectivity index (χ1v) is 6.02. The lowest BCUT2D eigenvalue weighted by atomic mass is 10.4. The van der Waals surface area contributed by atoms with Crippen LogP contribution in [-0.4, -0.2) is 55.0 Å². The van der Waals surface area contributed by atoms with Gasteiger partial charge >= 0.3 is 0 Å². The van der Waals surface area contributed by atoms with E-state index in [1.54, 1.807) is 21.1 Å². The van der Waals surface area contributed by atoms with Gasteiger partial charge in [0.1, 0.15) is 5.02 Å². The molecule has 0 bridgehead atoms. The largest absolute Gasteiger partial charge is 0.357 e. The summed E-state index contributed by atoms with van der Waals surface area (Å²) in [5.41, 5.74) is 0. The number of nitrogens with zero attached hydrogens (tertiary/aromatic N) is 4. The molecule has 0 atom stereocenters. The van der Waals surface area contributed by atoms with Gasteiger partial charge in [-0.2, -0.15) is 4.98 Å². The van der Waals surface area contributed by atoms with Gasteiger partial charge in [-0.3, -0.25) is 4.79 Å². The summed E-state index contributed by atoms with van der Waals surface area (Å²) >= 11 is 6.07.